The molecular formula is C5H12BO2. The molecule has 0 aliphatic carbocycles. The van der Waals surface area contributed by atoms with E-state index in [9.17, 15) is 0 Å². The summed E-state index contributed by atoms with van der Waals surface area (Å²) in [4.78, 5) is 0. The molecule has 47 valence electrons. The van der Waals surface area contributed by atoms with Crippen molar-refractivity contribution in [3.05, 3.63) is 0 Å². The third kappa shape index (κ3) is 5.98. The molecule has 0 unspecified atom stereocenters. The van der Waals surface area contributed by atoms with Gasteiger partial charge in [-0.15, -0.1) is 0 Å². The Labute approximate surface area is 51.2 Å². The van der Waals surface area contributed by atoms with Crippen LogP contribution in [-0.4, -0.2) is 19.3 Å². The van der Waals surface area contributed by atoms with Crippen LogP contribution in [0.3, 0.4) is 0 Å². The molecule has 0 heterocycles. The van der Waals surface area contributed by atoms with E-state index >= 15 is 0 Å². The summed E-state index contributed by atoms with van der Waals surface area (Å²) in [6, 6.07) is 0. The fourth-order valence-electron chi connectivity index (χ4n) is 0.287. The maximum atomic E-state index is 8.08. The van der Waals surface area contributed by atoms with E-state index in [0.717, 1.165) is 7.69 Å². The van der Waals surface area contributed by atoms with Crippen LogP contribution >= 0.6 is 0 Å². The van der Waals surface area contributed by atoms with Gasteiger partial charge in [0.05, 0.1) is 0 Å². The second-order valence-corrected chi connectivity index (χ2v) is 2.98. The van der Waals surface area contributed by atoms with Crippen LogP contribution < -0.4 is 0 Å². The molecule has 0 saturated heterocycles. The Bertz CT molecular complexity index is 57.9. The molecule has 0 fully saturated rings. The molecule has 0 aromatic heterocycles. The molecule has 0 amide bonds. The molecule has 0 aromatic rings. The van der Waals surface area contributed by atoms with Gasteiger partial charge in [-0.2, -0.15) is 0 Å². The van der Waals surface area contributed by atoms with Crippen molar-refractivity contribution in [2.24, 2.45) is 5.41 Å². The highest BCUT2D eigenvalue weighted by Gasteiger charge is 2.08. The van der Waals surface area contributed by atoms with Gasteiger partial charge in [0.2, 0.25) is 0 Å². The van der Waals surface area contributed by atoms with Crippen LogP contribution in [0.1, 0.15) is 20.8 Å². The summed E-state index contributed by atoms with van der Waals surface area (Å²) in [5.74, 6) is 0. The van der Waals surface area contributed by atoms with Gasteiger partial charge in [0.15, 0.2) is 0 Å². The van der Waals surface area contributed by atoms with Crippen LogP contribution in [0, 0.1) is 5.41 Å². The Balaban J connectivity index is 3.11. The second kappa shape index (κ2) is 3.10. The van der Waals surface area contributed by atoms with Gasteiger partial charge in [0.25, 0.3) is 0 Å². The molecule has 1 radical (unpaired) electrons. The summed E-state index contributed by atoms with van der Waals surface area (Å²) in [6.45, 7) is 6.67. The first-order chi connectivity index (χ1) is 3.56. The Hall–Kier alpha value is -0.0151. The third-order valence-electron chi connectivity index (χ3n) is 0.591. The predicted molar refractivity (Wildman–Crippen MR) is 33.4 cm³/mol. The van der Waals surface area contributed by atoms with Gasteiger partial charge in [-0.25, -0.2) is 0 Å². The molecule has 0 aliphatic rings. The van der Waals surface area contributed by atoms with Gasteiger partial charge in [-0.3, -0.25) is 0 Å². The zero-order valence-electron chi connectivity index (χ0n) is 5.64. The lowest BCUT2D eigenvalue weighted by atomic mass is 9.98. The molecule has 3 heteroatoms. The van der Waals surface area contributed by atoms with Crippen molar-refractivity contribution in [1.29, 1.82) is 0 Å². The maximum Gasteiger partial charge on any atom is 0.485 e. The van der Waals surface area contributed by atoms with Crippen molar-refractivity contribution in [2.45, 2.75) is 20.8 Å². The molecule has 1 N–H and O–H groups in total. The molecule has 0 atom stereocenters. The van der Waals surface area contributed by atoms with Crippen LogP contribution in [0.5, 0.6) is 0 Å². The van der Waals surface area contributed by atoms with Crippen LogP contribution in [-0.2, 0) is 4.65 Å². The minimum atomic E-state index is 0.138. The molecule has 2 nitrogen and oxygen atoms in total. The van der Waals surface area contributed by atoms with Crippen molar-refractivity contribution < 1.29 is 9.68 Å². The zero-order chi connectivity index (χ0) is 6.62. The normalized spacial score (nSPS) is 11.5. The van der Waals surface area contributed by atoms with E-state index in [1.54, 1.807) is 0 Å². The van der Waals surface area contributed by atoms with Gasteiger partial charge in [0, 0.05) is 6.61 Å². The highest BCUT2D eigenvalue weighted by atomic mass is 16.5. The number of rotatable bonds is 2. The fraction of sp³-hybridized carbons (Fsp3) is 1.00. The molecule has 0 rings (SSSR count). The average Bonchev–Trinajstić information content (AvgIpc) is 1.59. The summed E-state index contributed by atoms with van der Waals surface area (Å²) in [7, 11) is 0.727. The minimum Gasteiger partial charge on any atom is -0.429 e. The topological polar surface area (TPSA) is 29.5 Å². The minimum absolute atomic E-state index is 0.138. The summed E-state index contributed by atoms with van der Waals surface area (Å²) in [6.07, 6.45) is 0. The molecule has 8 heavy (non-hydrogen) atoms. The van der Waals surface area contributed by atoms with Crippen LogP contribution in [0.15, 0.2) is 0 Å². The molecule has 0 spiro atoms. The first-order valence-electron chi connectivity index (χ1n) is 2.64. The lowest BCUT2D eigenvalue weighted by Gasteiger charge is -2.16. The maximum absolute atomic E-state index is 8.08. The molecule has 0 saturated carbocycles. The lowest BCUT2D eigenvalue weighted by Crippen LogP contribution is -2.16. The Morgan fingerprint density at radius 1 is 1.50 bits per heavy atom. The summed E-state index contributed by atoms with van der Waals surface area (Å²) in [5, 5.41) is 8.08. The zero-order valence-corrected chi connectivity index (χ0v) is 5.64. The van der Waals surface area contributed by atoms with E-state index in [4.69, 9.17) is 5.02 Å². The van der Waals surface area contributed by atoms with E-state index < -0.39 is 0 Å². The van der Waals surface area contributed by atoms with Gasteiger partial charge in [-0.05, 0) is 5.41 Å². The molecule has 0 bridgehead atoms. The van der Waals surface area contributed by atoms with Crippen LogP contribution in [0.2, 0.25) is 0 Å². The van der Waals surface area contributed by atoms with Gasteiger partial charge >= 0.3 is 7.69 Å². The van der Waals surface area contributed by atoms with Crippen LogP contribution in [0.25, 0.3) is 0 Å². The first-order valence-corrected chi connectivity index (χ1v) is 2.64. The summed E-state index contributed by atoms with van der Waals surface area (Å²) < 4.78 is 4.63. The third-order valence-corrected chi connectivity index (χ3v) is 0.591. The van der Waals surface area contributed by atoms with E-state index in [1.165, 1.54) is 0 Å². The van der Waals surface area contributed by atoms with E-state index in [1.807, 2.05) is 20.8 Å². The van der Waals surface area contributed by atoms with Crippen LogP contribution in [0.4, 0.5) is 0 Å². The molecule has 0 aromatic carbocycles. The van der Waals surface area contributed by atoms with Gasteiger partial charge in [0.1, 0.15) is 0 Å². The summed E-state index contributed by atoms with van der Waals surface area (Å²) >= 11 is 0. The second-order valence-electron chi connectivity index (χ2n) is 2.98. The van der Waals surface area contributed by atoms with Crippen molar-refractivity contribution in [2.75, 3.05) is 6.61 Å². The largest absolute Gasteiger partial charge is 0.485 e. The molecular weight excluding hydrogens is 103 g/mol. The highest BCUT2D eigenvalue weighted by Crippen LogP contribution is 2.11. The van der Waals surface area contributed by atoms with E-state index in [2.05, 4.69) is 4.65 Å². The van der Waals surface area contributed by atoms with Gasteiger partial charge in [-0.1, -0.05) is 20.8 Å². The number of hydrogen-bond acceptors (Lipinski definition) is 2. The highest BCUT2D eigenvalue weighted by molar-refractivity contribution is 6.15. The molecule has 0 aliphatic heterocycles. The fourth-order valence-corrected chi connectivity index (χ4v) is 0.287. The van der Waals surface area contributed by atoms with Crippen molar-refractivity contribution in [1.82, 2.24) is 0 Å². The average molecular weight is 115 g/mol. The first kappa shape index (κ1) is 7.98. The SMILES string of the molecule is CC(C)(C)CO[B]O. The number of hydrogen-bond donors (Lipinski definition) is 1. The lowest BCUT2D eigenvalue weighted by molar-refractivity contribution is 0.182. The quantitative estimate of drug-likeness (QED) is 0.533. The predicted octanol–water partition coefficient (Wildman–Crippen LogP) is 0.576. The van der Waals surface area contributed by atoms with Gasteiger partial charge < -0.3 is 9.68 Å². The van der Waals surface area contributed by atoms with Crippen molar-refractivity contribution >= 4 is 7.69 Å². The van der Waals surface area contributed by atoms with E-state index in [0.29, 0.717) is 6.61 Å². The Morgan fingerprint density at radius 3 is 2.12 bits per heavy atom. The smallest absolute Gasteiger partial charge is 0.429 e. The van der Waals surface area contributed by atoms with Crippen molar-refractivity contribution in [3.63, 3.8) is 0 Å². The van der Waals surface area contributed by atoms with E-state index in [-0.39, 0.29) is 5.41 Å². The Morgan fingerprint density at radius 2 is 2.00 bits per heavy atom. The standard InChI is InChI=1S/C5H12BO2/c1-5(2,3)4-8-6-7/h7H,4H2,1-3H3. The Kier molecular flexibility index (Phi) is 3.09. The monoisotopic (exact) mass is 115 g/mol. The summed E-state index contributed by atoms with van der Waals surface area (Å²) in [5.41, 5.74) is 0.138. The van der Waals surface area contributed by atoms with Crippen molar-refractivity contribution in [3.8, 4) is 0 Å².